The minimum absolute atomic E-state index is 0.463. The molecule has 2 rings (SSSR count). The molecule has 1 fully saturated rings. The van der Waals surface area contributed by atoms with Gasteiger partial charge in [-0.15, -0.1) is 0 Å². The summed E-state index contributed by atoms with van der Waals surface area (Å²) in [5, 5.41) is 8.16. The van der Waals surface area contributed by atoms with Crippen LogP contribution in [0.15, 0.2) is 12.3 Å². The van der Waals surface area contributed by atoms with Crippen molar-refractivity contribution in [3.8, 4) is 0 Å². The van der Waals surface area contributed by atoms with Crippen molar-refractivity contribution in [2.24, 2.45) is 18.4 Å². The van der Waals surface area contributed by atoms with E-state index in [9.17, 15) is 0 Å². The predicted molar refractivity (Wildman–Crippen MR) is 75.6 cm³/mol. The van der Waals surface area contributed by atoms with E-state index in [1.54, 1.807) is 0 Å². The second-order valence-electron chi connectivity index (χ2n) is 6.50. The molecule has 1 aliphatic rings. The summed E-state index contributed by atoms with van der Waals surface area (Å²) in [4.78, 5) is 0. The Morgan fingerprint density at radius 2 is 2.28 bits per heavy atom. The van der Waals surface area contributed by atoms with E-state index in [4.69, 9.17) is 0 Å². The van der Waals surface area contributed by atoms with Crippen molar-refractivity contribution in [3.63, 3.8) is 0 Å². The smallest absolute Gasteiger partial charge is 0.0658 e. The van der Waals surface area contributed by atoms with Crippen molar-refractivity contribution >= 4 is 0 Å². The molecule has 1 aromatic heterocycles. The van der Waals surface area contributed by atoms with E-state index in [0.717, 1.165) is 19.0 Å². The summed E-state index contributed by atoms with van der Waals surface area (Å²) < 4.78 is 1.93. The Hall–Kier alpha value is -0.830. The molecule has 0 bridgehead atoms. The van der Waals surface area contributed by atoms with Gasteiger partial charge in [0.05, 0.1) is 5.69 Å². The van der Waals surface area contributed by atoms with Gasteiger partial charge in [0.25, 0.3) is 0 Å². The minimum atomic E-state index is 0.463. The molecule has 0 radical (unpaired) electrons. The van der Waals surface area contributed by atoms with Gasteiger partial charge in [0.2, 0.25) is 0 Å². The fraction of sp³-hybridized carbons (Fsp3) is 0.800. The number of hydrogen-bond acceptors (Lipinski definition) is 2. The number of nitrogens with zero attached hydrogens (tertiary/aromatic N) is 2. The van der Waals surface area contributed by atoms with Crippen molar-refractivity contribution < 1.29 is 0 Å². The number of hydrogen-bond donors (Lipinski definition) is 1. The summed E-state index contributed by atoms with van der Waals surface area (Å²) in [5.74, 6) is 1.36. The fourth-order valence-corrected chi connectivity index (χ4v) is 3.19. The van der Waals surface area contributed by atoms with Gasteiger partial charge in [0.15, 0.2) is 0 Å². The van der Waals surface area contributed by atoms with Crippen molar-refractivity contribution in [1.82, 2.24) is 15.1 Å². The average molecular weight is 249 g/mol. The van der Waals surface area contributed by atoms with Crippen LogP contribution in [0.25, 0.3) is 0 Å². The fourth-order valence-electron chi connectivity index (χ4n) is 3.19. The quantitative estimate of drug-likeness (QED) is 0.889. The molecule has 1 heterocycles. The topological polar surface area (TPSA) is 29.9 Å². The van der Waals surface area contributed by atoms with Gasteiger partial charge < -0.3 is 5.32 Å². The number of nitrogens with one attached hydrogen (secondary N) is 1. The van der Waals surface area contributed by atoms with Crippen LogP contribution in [0, 0.1) is 11.3 Å². The first-order valence-electron chi connectivity index (χ1n) is 7.22. The van der Waals surface area contributed by atoms with E-state index in [2.05, 4.69) is 43.4 Å². The largest absolute Gasteiger partial charge is 0.317 e. The Morgan fingerprint density at radius 1 is 1.50 bits per heavy atom. The van der Waals surface area contributed by atoms with Crippen LogP contribution in [0.3, 0.4) is 0 Å². The third-order valence-electron chi connectivity index (χ3n) is 4.30. The van der Waals surface area contributed by atoms with E-state index in [0.29, 0.717) is 11.3 Å². The summed E-state index contributed by atoms with van der Waals surface area (Å²) in [6, 6.07) is 2.20. The monoisotopic (exact) mass is 249 g/mol. The van der Waals surface area contributed by atoms with E-state index in [1.807, 2.05) is 11.7 Å². The molecule has 0 amide bonds. The second-order valence-corrected chi connectivity index (χ2v) is 6.50. The third kappa shape index (κ3) is 3.14. The van der Waals surface area contributed by atoms with Crippen LogP contribution >= 0.6 is 0 Å². The molecule has 1 N–H and O–H groups in total. The van der Waals surface area contributed by atoms with Crippen molar-refractivity contribution in [2.45, 2.75) is 46.0 Å². The molecular weight excluding hydrogens is 222 g/mol. The molecule has 18 heavy (non-hydrogen) atoms. The molecule has 3 nitrogen and oxygen atoms in total. The van der Waals surface area contributed by atoms with Gasteiger partial charge >= 0.3 is 0 Å². The lowest BCUT2D eigenvalue weighted by Crippen LogP contribution is -2.35. The summed E-state index contributed by atoms with van der Waals surface area (Å²) in [6.07, 6.45) is 5.99. The molecule has 1 aliphatic carbocycles. The first-order chi connectivity index (χ1) is 8.52. The standard InChI is InChI=1S/C15H27N3/c1-5-16-11-12-6-8-15(2,3)10-13(12)14-7-9-18(4)17-14/h7,9,12-13,16H,5-6,8,10-11H2,1-4H3. The Labute approximate surface area is 111 Å². The predicted octanol–water partition coefficient (Wildman–Crippen LogP) is 2.94. The van der Waals surface area contributed by atoms with Crippen LogP contribution in [0.2, 0.25) is 0 Å². The van der Waals surface area contributed by atoms with Crippen molar-refractivity contribution in [3.05, 3.63) is 18.0 Å². The molecule has 2 atom stereocenters. The zero-order chi connectivity index (χ0) is 13.2. The third-order valence-corrected chi connectivity index (χ3v) is 4.30. The Kier molecular flexibility index (Phi) is 4.10. The molecule has 1 aromatic rings. The van der Waals surface area contributed by atoms with E-state index in [-0.39, 0.29) is 0 Å². The molecule has 2 unspecified atom stereocenters. The van der Waals surface area contributed by atoms with Crippen molar-refractivity contribution in [2.75, 3.05) is 13.1 Å². The van der Waals surface area contributed by atoms with Crippen LogP contribution in [-0.4, -0.2) is 22.9 Å². The van der Waals surface area contributed by atoms with Gasteiger partial charge in [-0.3, -0.25) is 4.68 Å². The number of rotatable bonds is 4. The molecule has 0 aromatic carbocycles. The zero-order valence-electron chi connectivity index (χ0n) is 12.2. The van der Waals surface area contributed by atoms with Gasteiger partial charge in [-0.2, -0.15) is 5.10 Å². The highest BCUT2D eigenvalue weighted by atomic mass is 15.2. The maximum atomic E-state index is 4.65. The summed E-state index contributed by atoms with van der Waals surface area (Å²) in [6.45, 7) is 9.17. The van der Waals surface area contributed by atoms with Gasteiger partial charge in [-0.1, -0.05) is 20.8 Å². The Balaban J connectivity index is 2.13. The van der Waals surface area contributed by atoms with Crippen LogP contribution < -0.4 is 5.32 Å². The molecule has 0 aliphatic heterocycles. The van der Waals surface area contributed by atoms with E-state index < -0.39 is 0 Å². The lowest BCUT2D eigenvalue weighted by atomic mass is 9.66. The molecular formula is C15H27N3. The molecule has 102 valence electrons. The Bertz CT molecular complexity index is 381. The maximum Gasteiger partial charge on any atom is 0.0658 e. The summed E-state index contributed by atoms with van der Waals surface area (Å²) >= 11 is 0. The van der Waals surface area contributed by atoms with Gasteiger partial charge in [0.1, 0.15) is 0 Å². The number of aromatic nitrogens is 2. The average Bonchev–Trinajstić information content (AvgIpc) is 2.73. The number of aryl methyl sites for hydroxylation is 1. The van der Waals surface area contributed by atoms with Crippen LogP contribution in [0.1, 0.15) is 51.6 Å². The lowest BCUT2D eigenvalue weighted by Gasteiger charge is -2.40. The maximum absolute atomic E-state index is 4.65. The van der Waals surface area contributed by atoms with Crippen LogP contribution in [0.5, 0.6) is 0 Å². The summed E-state index contributed by atoms with van der Waals surface area (Å²) in [5.41, 5.74) is 1.75. The highest BCUT2D eigenvalue weighted by Gasteiger charge is 2.36. The van der Waals surface area contributed by atoms with Gasteiger partial charge in [-0.25, -0.2) is 0 Å². The Morgan fingerprint density at radius 3 is 2.89 bits per heavy atom. The zero-order valence-corrected chi connectivity index (χ0v) is 12.2. The van der Waals surface area contributed by atoms with E-state index in [1.165, 1.54) is 25.0 Å². The van der Waals surface area contributed by atoms with Crippen molar-refractivity contribution in [1.29, 1.82) is 0 Å². The first-order valence-corrected chi connectivity index (χ1v) is 7.22. The molecule has 1 saturated carbocycles. The second kappa shape index (κ2) is 5.43. The highest BCUT2D eigenvalue weighted by Crippen LogP contribution is 2.45. The first kappa shape index (κ1) is 13.6. The lowest BCUT2D eigenvalue weighted by molar-refractivity contribution is 0.157. The SMILES string of the molecule is CCNCC1CCC(C)(C)CC1c1ccn(C)n1. The van der Waals surface area contributed by atoms with E-state index >= 15 is 0 Å². The minimum Gasteiger partial charge on any atom is -0.317 e. The normalized spacial score (nSPS) is 27.3. The molecule has 0 saturated heterocycles. The molecule has 3 heteroatoms. The van der Waals surface area contributed by atoms with Crippen LogP contribution in [0.4, 0.5) is 0 Å². The highest BCUT2D eigenvalue weighted by molar-refractivity contribution is 5.11. The van der Waals surface area contributed by atoms with Gasteiger partial charge in [-0.05, 0) is 49.8 Å². The molecule has 0 spiro atoms. The van der Waals surface area contributed by atoms with Gasteiger partial charge in [0, 0.05) is 19.2 Å². The summed E-state index contributed by atoms with van der Waals surface area (Å²) in [7, 11) is 2.01. The van der Waals surface area contributed by atoms with Crippen LogP contribution in [-0.2, 0) is 7.05 Å².